The maximum atomic E-state index is 12.1. The summed E-state index contributed by atoms with van der Waals surface area (Å²) in [4.78, 5) is 2.29. The van der Waals surface area contributed by atoms with E-state index >= 15 is 0 Å². The van der Waals surface area contributed by atoms with E-state index in [1.807, 2.05) is 6.07 Å². The Morgan fingerprint density at radius 2 is 2.05 bits per heavy atom. The molecule has 0 aromatic carbocycles. The van der Waals surface area contributed by atoms with E-state index in [1.165, 1.54) is 19.3 Å². The Hall–Kier alpha value is -0.590. The van der Waals surface area contributed by atoms with E-state index in [0.717, 1.165) is 12.3 Å². The smallest absolute Gasteiger partial charge is 0.284 e. The molecule has 0 aliphatic heterocycles. The van der Waals surface area contributed by atoms with Crippen LogP contribution in [0.2, 0.25) is 0 Å². The number of hydrogen-bond donors (Lipinski definition) is 1. The molecule has 0 atom stereocenters. The summed E-state index contributed by atoms with van der Waals surface area (Å²) in [5, 5.41) is 3.41. The Morgan fingerprint density at radius 1 is 1.35 bits per heavy atom. The van der Waals surface area contributed by atoms with Gasteiger partial charge in [0.1, 0.15) is 11.5 Å². The van der Waals surface area contributed by atoms with E-state index in [-0.39, 0.29) is 11.3 Å². The third-order valence-electron chi connectivity index (χ3n) is 4.06. The van der Waals surface area contributed by atoms with Crippen LogP contribution in [0.5, 0.6) is 0 Å². The zero-order valence-corrected chi connectivity index (χ0v) is 12.8. The van der Waals surface area contributed by atoms with E-state index in [2.05, 4.69) is 24.3 Å². The van der Waals surface area contributed by atoms with E-state index < -0.39 is 5.76 Å². The summed E-state index contributed by atoms with van der Waals surface area (Å²) in [5.74, 6) is -0.708. The summed E-state index contributed by atoms with van der Waals surface area (Å²) in [7, 11) is 4.24. The summed E-state index contributed by atoms with van der Waals surface area (Å²) in [6, 6.07) is 3.63. The van der Waals surface area contributed by atoms with Crippen molar-refractivity contribution in [3.8, 4) is 0 Å². The summed E-state index contributed by atoms with van der Waals surface area (Å²) >= 11 is 0.588. The molecule has 1 fully saturated rings. The van der Waals surface area contributed by atoms with Crippen molar-refractivity contribution < 1.29 is 13.2 Å². The normalized spacial score (nSPS) is 17.7. The molecule has 2 rings (SSSR count). The Labute approximate surface area is 123 Å². The van der Waals surface area contributed by atoms with Crippen LogP contribution in [-0.4, -0.2) is 36.8 Å². The largest absolute Gasteiger partial charge is 0.464 e. The number of halogens is 2. The summed E-state index contributed by atoms with van der Waals surface area (Å²) in [5.41, 5.74) is 0.279. The maximum Gasteiger partial charge on any atom is 0.284 e. The van der Waals surface area contributed by atoms with Crippen LogP contribution in [0.4, 0.5) is 8.78 Å². The lowest BCUT2D eigenvalue weighted by Gasteiger charge is -2.47. The minimum Gasteiger partial charge on any atom is -0.464 e. The Morgan fingerprint density at radius 3 is 2.60 bits per heavy atom. The molecule has 20 heavy (non-hydrogen) atoms. The average molecular weight is 304 g/mol. The highest BCUT2D eigenvalue weighted by atomic mass is 32.2. The third-order valence-corrected chi connectivity index (χ3v) is 4.76. The number of nitrogens with one attached hydrogen (secondary N) is 1. The lowest BCUT2D eigenvalue weighted by Crippen LogP contribution is -2.56. The highest BCUT2D eigenvalue weighted by Crippen LogP contribution is 2.35. The molecule has 0 spiro atoms. The van der Waals surface area contributed by atoms with Crippen LogP contribution in [0, 0.1) is 0 Å². The van der Waals surface area contributed by atoms with Gasteiger partial charge < -0.3 is 14.6 Å². The van der Waals surface area contributed by atoms with Crippen molar-refractivity contribution >= 4 is 11.8 Å². The van der Waals surface area contributed by atoms with Gasteiger partial charge in [-0.3, -0.25) is 0 Å². The Kier molecular flexibility index (Phi) is 5.46. The number of alkyl halides is 2. The van der Waals surface area contributed by atoms with Gasteiger partial charge in [-0.05, 0) is 45.5 Å². The fourth-order valence-electron chi connectivity index (χ4n) is 2.53. The van der Waals surface area contributed by atoms with Gasteiger partial charge in [0.05, 0.1) is 12.3 Å². The maximum absolute atomic E-state index is 12.1. The molecule has 1 aromatic heterocycles. The van der Waals surface area contributed by atoms with Crippen LogP contribution in [0.3, 0.4) is 0 Å². The molecule has 0 amide bonds. The van der Waals surface area contributed by atoms with Crippen molar-refractivity contribution in [2.24, 2.45) is 0 Å². The van der Waals surface area contributed by atoms with Crippen molar-refractivity contribution in [2.45, 2.75) is 42.9 Å². The van der Waals surface area contributed by atoms with Gasteiger partial charge in [0.15, 0.2) is 0 Å². The Balaban J connectivity index is 1.74. The Bertz CT molecular complexity index is 419. The lowest BCUT2D eigenvalue weighted by atomic mass is 9.75. The monoisotopic (exact) mass is 304 g/mol. The standard InChI is InChI=1S/C14H22F2N2OS/c1-18(2)14(6-3-7-14)10-17-8-11-4-5-12(19-11)9-20-13(15)16/h4-5,13,17H,3,6-10H2,1-2H3. The molecule has 1 aromatic rings. The van der Waals surface area contributed by atoms with Gasteiger partial charge >= 0.3 is 0 Å². The number of furan rings is 1. The van der Waals surface area contributed by atoms with E-state index in [1.54, 1.807) is 6.07 Å². The second kappa shape index (κ2) is 6.91. The molecule has 114 valence electrons. The van der Waals surface area contributed by atoms with E-state index in [0.29, 0.717) is 24.1 Å². The first-order chi connectivity index (χ1) is 9.52. The second-order valence-electron chi connectivity index (χ2n) is 5.52. The molecule has 1 saturated carbocycles. The molecule has 0 radical (unpaired) electrons. The zero-order chi connectivity index (χ0) is 14.6. The minimum atomic E-state index is -2.35. The van der Waals surface area contributed by atoms with E-state index in [9.17, 15) is 8.78 Å². The molecule has 1 heterocycles. The highest BCUT2D eigenvalue weighted by molar-refractivity contribution is 7.98. The van der Waals surface area contributed by atoms with Gasteiger partial charge in [-0.15, -0.1) is 0 Å². The lowest BCUT2D eigenvalue weighted by molar-refractivity contribution is 0.0593. The number of thioether (sulfide) groups is 1. The fourth-order valence-corrected chi connectivity index (χ4v) is 2.97. The molecule has 0 unspecified atom stereocenters. The van der Waals surface area contributed by atoms with E-state index in [4.69, 9.17) is 4.42 Å². The zero-order valence-electron chi connectivity index (χ0n) is 12.0. The first-order valence-corrected chi connectivity index (χ1v) is 7.92. The van der Waals surface area contributed by atoms with Gasteiger partial charge in [0.25, 0.3) is 5.76 Å². The number of hydrogen-bond acceptors (Lipinski definition) is 4. The topological polar surface area (TPSA) is 28.4 Å². The van der Waals surface area contributed by atoms with Gasteiger partial charge in [-0.2, -0.15) is 8.78 Å². The van der Waals surface area contributed by atoms with Crippen LogP contribution in [0.1, 0.15) is 30.8 Å². The first-order valence-electron chi connectivity index (χ1n) is 6.87. The molecular formula is C14H22F2N2OS. The van der Waals surface area contributed by atoms with Gasteiger partial charge in [-0.25, -0.2) is 0 Å². The van der Waals surface area contributed by atoms with Crippen molar-refractivity contribution in [1.29, 1.82) is 0 Å². The molecule has 1 aliphatic carbocycles. The van der Waals surface area contributed by atoms with Crippen molar-refractivity contribution in [3.63, 3.8) is 0 Å². The van der Waals surface area contributed by atoms with Crippen LogP contribution in [0.25, 0.3) is 0 Å². The summed E-state index contributed by atoms with van der Waals surface area (Å²) in [6.07, 6.45) is 3.73. The van der Waals surface area contributed by atoms with Gasteiger partial charge in [0, 0.05) is 12.1 Å². The summed E-state index contributed by atoms with van der Waals surface area (Å²) < 4.78 is 29.7. The predicted octanol–water partition coefficient (Wildman–Crippen LogP) is 3.31. The molecule has 1 N–H and O–H groups in total. The highest BCUT2D eigenvalue weighted by Gasteiger charge is 2.38. The SMILES string of the molecule is CN(C)C1(CNCc2ccc(CSC(F)F)o2)CCC1. The first kappa shape index (κ1) is 15.8. The molecule has 6 heteroatoms. The number of nitrogens with zero attached hydrogens (tertiary/aromatic N) is 1. The van der Waals surface area contributed by atoms with Crippen LogP contribution < -0.4 is 5.32 Å². The van der Waals surface area contributed by atoms with Crippen LogP contribution in [0.15, 0.2) is 16.5 Å². The minimum absolute atomic E-state index is 0.222. The molecule has 1 aliphatic rings. The quantitative estimate of drug-likeness (QED) is 0.797. The molecule has 0 bridgehead atoms. The fraction of sp³-hybridized carbons (Fsp3) is 0.714. The van der Waals surface area contributed by atoms with Crippen molar-refractivity contribution in [3.05, 3.63) is 23.7 Å². The van der Waals surface area contributed by atoms with Crippen molar-refractivity contribution in [1.82, 2.24) is 10.2 Å². The molecule has 3 nitrogen and oxygen atoms in total. The van der Waals surface area contributed by atoms with Gasteiger partial charge in [-0.1, -0.05) is 11.8 Å². The van der Waals surface area contributed by atoms with Crippen LogP contribution >= 0.6 is 11.8 Å². The number of likely N-dealkylation sites (N-methyl/N-ethyl adjacent to an activating group) is 1. The predicted molar refractivity (Wildman–Crippen MR) is 78.0 cm³/mol. The number of rotatable bonds is 8. The molecular weight excluding hydrogens is 282 g/mol. The summed E-state index contributed by atoms with van der Waals surface area (Å²) in [6.45, 7) is 1.58. The van der Waals surface area contributed by atoms with Gasteiger partial charge in [0.2, 0.25) is 0 Å². The van der Waals surface area contributed by atoms with Crippen LogP contribution in [-0.2, 0) is 12.3 Å². The third kappa shape index (κ3) is 3.96. The molecule has 0 saturated heterocycles. The second-order valence-corrected chi connectivity index (χ2v) is 6.49. The van der Waals surface area contributed by atoms with Crippen molar-refractivity contribution in [2.75, 3.05) is 20.6 Å². The average Bonchev–Trinajstić information content (AvgIpc) is 2.77.